The van der Waals surface area contributed by atoms with Crippen LogP contribution < -0.4 is 10.6 Å². The molecule has 2 aromatic rings. The number of Topliss-reactive ketones (excluding diaryl/α,β-unsaturated/α-hetero) is 1. The molecule has 1 amide bonds. The summed E-state index contributed by atoms with van der Waals surface area (Å²) in [5.74, 6) is -0.253. The number of benzene rings is 1. The average molecular weight is 381 g/mol. The van der Waals surface area contributed by atoms with Crippen molar-refractivity contribution in [3.05, 3.63) is 65.0 Å². The van der Waals surface area contributed by atoms with Crippen LogP contribution >= 0.6 is 0 Å². The molecule has 2 heterocycles. The van der Waals surface area contributed by atoms with E-state index in [1.54, 1.807) is 19.2 Å². The van der Waals surface area contributed by atoms with Crippen LogP contribution in [-0.4, -0.2) is 49.5 Å². The molecule has 1 fully saturated rings. The third-order valence-electron chi connectivity index (χ3n) is 4.82. The fourth-order valence-electron chi connectivity index (χ4n) is 3.33. The summed E-state index contributed by atoms with van der Waals surface area (Å²) in [6.07, 6.45) is 2.80. The lowest BCUT2D eigenvalue weighted by atomic mass is 10.0. The molecule has 0 spiro atoms. The van der Waals surface area contributed by atoms with Crippen molar-refractivity contribution in [3.63, 3.8) is 0 Å². The van der Waals surface area contributed by atoms with Crippen LogP contribution in [0.5, 0.6) is 0 Å². The van der Waals surface area contributed by atoms with E-state index < -0.39 is 0 Å². The molecule has 3 rings (SSSR count). The van der Waals surface area contributed by atoms with Crippen molar-refractivity contribution in [3.8, 4) is 0 Å². The second kappa shape index (κ2) is 10.1. The SMILES string of the molecule is CNC(=O)c1cc(C(=O)CCC[C@H]2CNCCO2)cc(Cc2ccccc2)n1. The lowest BCUT2D eigenvalue weighted by Gasteiger charge is -2.23. The first-order chi connectivity index (χ1) is 13.7. The van der Waals surface area contributed by atoms with E-state index in [0.29, 0.717) is 18.4 Å². The molecule has 6 nitrogen and oxygen atoms in total. The molecule has 1 atom stereocenters. The highest BCUT2D eigenvalue weighted by atomic mass is 16.5. The molecule has 1 aliphatic heterocycles. The number of pyridine rings is 1. The molecule has 0 unspecified atom stereocenters. The van der Waals surface area contributed by atoms with E-state index in [0.717, 1.165) is 43.8 Å². The minimum Gasteiger partial charge on any atom is -0.376 e. The van der Waals surface area contributed by atoms with E-state index in [1.165, 1.54) is 0 Å². The van der Waals surface area contributed by atoms with Gasteiger partial charge in [-0.05, 0) is 30.5 Å². The number of amides is 1. The van der Waals surface area contributed by atoms with Gasteiger partial charge < -0.3 is 15.4 Å². The van der Waals surface area contributed by atoms with Crippen molar-refractivity contribution in [1.29, 1.82) is 0 Å². The van der Waals surface area contributed by atoms with Crippen LogP contribution in [0.4, 0.5) is 0 Å². The number of aromatic nitrogens is 1. The predicted molar refractivity (Wildman–Crippen MR) is 108 cm³/mol. The summed E-state index contributed by atoms with van der Waals surface area (Å²) < 4.78 is 5.68. The fraction of sp³-hybridized carbons (Fsp3) is 0.409. The molecule has 1 aromatic carbocycles. The molecule has 0 aliphatic carbocycles. The van der Waals surface area contributed by atoms with E-state index in [2.05, 4.69) is 15.6 Å². The maximum atomic E-state index is 12.7. The Bertz CT molecular complexity index is 802. The maximum absolute atomic E-state index is 12.7. The smallest absolute Gasteiger partial charge is 0.269 e. The van der Waals surface area contributed by atoms with Gasteiger partial charge in [-0.25, -0.2) is 4.98 Å². The first-order valence-electron chi connectivity index (χ1n) is 9.78. The first kappa shape index (κ1) is 20.2. The number of carbonyl (C=O) groups excluding carboxylic acids is 2. The van der Waals surface area contributed by atoms with Crippen molar-refractivity contribution < 1.29 is 14.3 Å². The monoisotopic (exact) mass is 381 g/mol. The van der Waals surface area contributed by atoms with Crippen LogP contribution in [-0.2, 0) is 11.2 Å². The minimum atomic E-state index is -0.286. The van der Waals surface area contributed by atoms with Crippen LogP contribution in [0.1, 0.15) is 51.4 Å². The van der Waals surface area contributed by atoms with Crippen LogP contribution in [0.3, 0.4) is 0 Å². The summed E-state index contributed by atoms with van der Waals surface area (Å²) in [4.78, 5) is 29.3. The van der Waals surface area contributed by atoms with Crippen LogP contribution in [0.25, 0.3) is 0 Å². The van der Waals surface area contributed by atoms with Crippen molar-refractivity contribution in [2.24, 2.45) is 0 Å². The summed E-state index contributed by atoms with van der Waals surface area (Å²) in [6, 6.07) is 13.3. The highest BCUT2D eigenvalue weighted by molar-refractivity contribution is 5.99. The molecule has 1 aliphatic rings. The molecule has 1 saturated heterocycles. The average Bonchev–Trinajstić information content (AvgIpc) is 2.74. The van der Waals surface area contributed by atoms with Gasteiger partial charge in [-0.15, -0.1) is 0 Å². The second-order valence-corrected chi connectivity index (χ2v) is 6.99. The highest BCUT2D eigenvalue weighted by Crippen LogP contribution is 2.15. The van der Waals surface area contributed by atoms with Gasteiger partial charge in [0.25, 0.3) is 5.91 Å². The number of morpholine rings is 1. The Morgan fingerprint density at radius 1 is 1.25 bits per heavy atom. The largest absolute Gasteiger partial charge is 0.376 e. The number of rotatable bonds is 8. The topological polar surface area (TPSA) is 80.3 Å². The van der Waals surface area contributed by atoms with Crippen LogP contribution in [0.2, 0.25) is 0 Å². The van der Waals surface area contributed by atoms with Crippen molar-refractivity contribution in [2.75, 3.05) is 26.7 Å². The third-order valence-corrected chi connectivity index (χ3v) is 4.82. The van der Waals surface area contributed by atoms with Crippen molar-refractivity contribution >= 4 is 11.7 Å². The zero-order valence-corrected chi connectivity index (χ0v) is 16.2. The predicted octanol–water partition coefficient (Wildman–Crippen LogP) is 2.37. The summed E-state index contributed by atoms with van der Waals surface area (Å²) in [5.41, 5.74) is 2.63. The summed E-state index contributed by atoms with van der Waals surface area (Å²) in [7, 11) is 1.56. The quantitative estimate of drug-likeness (QED) is 0.686. The standard InChI is InChI=1S/C22H27N3O3/c1-23-22(27)20-14-17(13-18(25-20)12-16-6-3-2-4-7-16)21(26)9-5-8-19-15-24-10-11-28-19/h2-4,6-7,13-14,19,24H,5,8-12,15H2,1H3,(H,23,27)/t19-/m0/s1. The van der Waals surface area contributed by atoms with Crippen LogP contribution in [0, 0.1) is 0 Å². The molecular formula is C22H27N3O3. The molecule has 6 heteroatoms. The van der Waals surface area contributed by atoms with Gasteiger partial charge in [-0.3, -0.25) is 9.59 Å². The minimum absolute atomic E-state index is 0.0330. The van der Waals surface area contributed by atoms with Gasteiger partial charge in [0.15, 0.2) is 5.78 Å². The van der Waals surface area contributed by atoms with E-state index in [9.17, 15) is 9.59 Å². The Labute approximate surface area is 165 Å². The van der Waals surface area contributed by atoms with E-state index in [4.69, 9.17) is 4.74 Å². The normalized spacial score (nSPS) is 16.5. The number of nitrogens with one attached hydrogen (secondary N) is 2. The Hall–Kier alpha value is -2.57. The van der Waals surface area contributed by atoms with Crippen LogP contribution in [0.15, 0.2) is 42.5 Å². The Morgan fingerprint density at radius 2 is 2.07 bits per heavy atom. The zero-order valence-electron chi connectivity index (χ0n) is 16.2. The zero-order chi connectivity index (χ0) is 19.8. The van der Waals surface area contributed by atoms with Gasteiger partial charge in [-0.2, -0.15) is 0 Å². The van der Waals surface area contributed by atoms with Gasteiger partial charge in [0.05, 0.1) is 12.7 Å². The second-order valence-electron chi connectivity index (χ2n) is 6.99. The molecule has 0 radical (unpaired) electrons. The Kier molecular flexibility index (Phi) is 7.28. The first-order valence-corrected chi connectivity index (χ1v) is 9.78. The van der Waals surface area contributed by atoms with E-state index in [-0.39, 0.29) is 23.5 Å². The van der Waals surface area contributed by atoms with Gasteiger partial charge >= 0.3 is 0 Å². The van der Waals surface area contributed by atoms with Gasteiger partial charge in [-0.1, -0.05) is 30.3 Å². The molecule has 148 valence electrons. The van der Waals surface area contributed by atoms with Gasteiger partial charge in [0.2, 0.25) is 0 Å². The van der Waals surface area contributed by atoms with Crippen molar-refractivity contribution in [2.45, 2.75) is 31.8 Å². The molecule has 28 heavy (non-hydrogen) atoms. The number of hydrogen-bond acceptors (Lipinski definition) is 5. The van der Waals surface area contributed by atoms with E-state index in [1.807, 2.05) is 30.3 Å². The van der Waals surface area contributed by atoms with Gasteiger partial charge in [0.1, 0.15) is 5.69 Å². The molecule has 2 N–H and O–H groups in total. The molecule has 0 saturated carbocycles. The fourth-order valence-corrected chi connectivity index (χ4v) is 3.33. The number of hydrogen-bond donors (Lipinski definition) is 2. The summed E-state index contributed by atoms with van der Waals surface area (Å²) in [6.45, 7) is 2.45. The Balaban J connectivity index is 1.69. The number of ketones is 1. The van der Waals surface area contributed by atoms with Gasteiger partial charge in [0, 0.05) is 44.2 Å². The van der Waals surface area contributed by atoms with E-state index >= 15 is 0 Å². The number of carbonyl (C=O) groups is 2. The Morgan fingerprint density at radius 3 is 2.79 bits per heavy atom. The number of ether oxygens (including phenoxy) is 1. The molecule has 0 bridgehead atoms. The highest BCUT2D eigenvalue weighted by Gasteiger charge is 2.16. The lowest BCUT2D eigenvalue weighted by Crippen LogP contribution is -2.38. The number of nitrogens with zero attached hydrogens (tertiary/aromatic N) is 1. The third kappa shape index (κ3) is 5.71. The summed E-state index contributed by atoms with van der Waals surface area (Å²) >= 11 is 0. The molecule has 1 aromatic heterocycles. The lowest BCUT2D eigenvalue weighted by molar-refractivity contribution is 0.0222. The molecular weight excluding hydrogens is 354 g/mol. The summed E-state index contributed by atoms with van der Waals surface area (Å²) in [5, 5.41) is 5.89. The maximum Gasteiger partial charge on any atom is 0.269 e. The van der Waals surface area contributed by atoms with Crippen molar-refractivity contribution in [1.82, 2.24) is 15.6 Å².